The molecule has 100 valence electrons. The number of nitrogens with zero attached hydrogens (tertiary/aromatic N) is 1. The molecule has 3 heteroatoms. The van der Waals surface area contributed by atoms with Gasteiger partial charge >= 0.3 is 0 Å². The molecule has 0 aliphatic heterocycles. The van der Waals surface area contributed by atoms with Gasteiger partial charge in [-0.1, -0.05) is 6.42 Å². The normalized spacial score (nSPS) is 23.5. The molecule has 0 spiro atoms. The van der Waals surface area contributed by atoms with Crippen molar-refractivity contribution in [3.05, 3.63) is 23.4 Å². The summed E-state index contributed by atoms with van der Waals surface area (Å²) < 4.78 is 0. The zero-order valence-corrected chi connectivity index (χ0v) is 12.5. The standard InChI is InChI=1S/C15H24N2S/c1-11-9-12(2)17-15(10-11)18-8-7-13-5-4-6-14(13)16-3/h9-10,13-14,16H,4-8H2,1-3H3. The Labute approximate surface area is 115 Å². The fraction of sp³-hybridized carbons (Fsp3) is 0.667. The summed E-state index contributed by atoms with van der Waals surface area (Å²) in [5, 5.41) is 4.64. The van der Waals surface area contributed by atoms with E-state index in [2.05, 4.69) is 43.3 Å². The van der Waals surface area contributed by atoms with E-state index < -0.39 is 0 Å². The van der Waals surface area contributed by atoms with Crippen molar-refractivity contribution in [1.29, 1.82) is 0 Å². The maximum absolute atomic E-state index is 4.58. The minimum Gasteiger partial charge on any atom is -0.317 e. The first-order valence-corrected chi connectivity index (χ1v) is 7.93. The molecular formula is C15H24N2S. The van der Waals surface area contributed by atoms with Crippen molar-refractivity contribution in [2.75, 3.05) is 12.8 Å². The highest BCUT2D eigenvalue weighted by atomic mass is 32.2. The Balaban J connectivity index is 1.81. The molecule has 18 heavy (non-hydrogen) atoms. The molecule has 1 heterocycles. The van der Waals surface area contributed by atoms with Crippen LogP contribution in [0.25, 0.3) is 0 Å². The van der Waals surface area contributed by atoms with Crippen LogP contribution in [-0.2, 0) is 0 Å². The number of aromatic nitrogens is 1. The van der Waals surface area contributed by atoms with Gasteiger partial charge in [0.1, 0.15) is 0 Å². The number of nitrogens with one attached hydrogen (secondary N) is 1. The monoisotopic (exact) mass is 264 g/mol. The van der Waals surface area contributed by atoms with Gasteiger partial charge in [-0.15, -0.1) is 11.8 Å². The number of hydrogen-bond donors (Lipinski definition) is 1. The highest BCUT2D eigenvalue weighted by Gasteiger charge is 2.25. The fourth-order valence-electron chi connectivity index (χ4n) is 2.96. The second kappa shape index (κ2) is 6.58. The van der Waals surface area contributed by atoms with Gasteiger partial charge in [-0.25, -0.2) is 4.98 Å². The van der Waals surface area contributed by atoms with Gasteiger partial charge in [-0.05, 0) is 69.5 Å². The topological polar surface area (TPSA) is 24.9 Å². The van der Waals surface area contributed by atoms with E-state index in [1.54, 1.807) is 0 Å². The van der Waals surface area contributed by atoms with E-state index in [9.17, 15) is 0 Å². The average Bonchev–Trinajstić information content (AvgIpc) is 2.75. The van der Waals surface area contributed by atoms with Crippen LogP contribution in [0, 0.1) is 19.8 Å². The van der Waals surface area contributed by atoms with Crippen LogP contribution in [0.5, 0.6) is 0 Å². The molecule has 0 saturated heterocycles. The Morgan fingerprint density at radius 1 is 1.33 bits per heavy atom. The van der Waals surface area contributed by atoms with Crippen molar-refractivity contribution in [1.82, 2.24) is 10.3 Å². The van der Waals surface area contributed by atoms with E-state index in [0.717, 1.165) is 17.7 Å². The lowest BCUT2D eigenvalue weighted by molar-refractivity contribution is 0.417. The zero-order valence-electron chi connectivity index (χ0n) is 11.7. The van der Waals surface area contributed by atoms with Crippen molar-refractivity contribution in [2.24, 2.45) is 5.92 Å². The molecule has 0 bridgehead atoms. The van der Waals surface area contributed by atoms with Crippen LogP contribution < -0.4 is 5.32 Å². The summed E-state index contributed by atoms with van der Waals surface area (Å²) in [5.74, 6) is 2.06. The van der Waals surface area contributed by atoms with Crippen LogP contribution in [0.1, 0.15) is 36.9 Å². The Morgan fingerprint density at radius 3 is 2.89 bits per heavy atom. The lowest BCUT2D eigenvalue weighted by Gasteiger charge is -2.18. The molecule has 1 saturated carbocycles. The zero-order chi connectivity index (χ0) is 13.0. The van der Waals surface area contributed by atoms with Gasteiger partial charge in [0.05, 0.1) is 5.03 Å². The van der Waals surface area contributed by atoms with E-state index in [-0.39, 0.29) is 0 Å². The number of rotatable bonds is 5. The summed E-state index contributed by atoms with van der Waals surface area (Å²) in [6, 6.07) is 5.08. The molecule has 1 aromatic heterocycles. The van der Waals surface area contributed by atoms with Crippen molar-refractivity contribution < 1.29 is 0 Å². The summed E-state index contributed by atoms with van der Waals surface area (Å²) in [6.45, 7) is 4.22. The first-order valence-electron chi connectivity index (χ1n) is 6.94. The van der Waals surface area contributed by atoms with Crippen LogP contribution >= 0.6 is 11.8 Å². The predicted octanol–water partition coefficient (Wildman–Crippen LogP) is 3.57. The van der Waals surface area contributed by atoms with E-state index in [1.165, 1.54) is 42.0 Å². The van der Waals surface area contributed by atoms with E-state index in [0.29, 0.717) is 0 Å². The average molecular weight is 264 g/mol. The van der Waals surface area contributed by atoms with Gasteiger partial charge < -0.3 is 5.32 Å². The molecule has 1 N–H and O–H groups in total. The number of hydrogen-bond acceptors (Lipinski definition) is 3. The fourth-order valence-corrected chi connectivity index (χ4v) is 4.06. The van der Waals surface area contributed by atoms with E-state index >= 15 is 0 Å². The van der Waals surface area contributed by atoms with Crippen molar-refractivity contribution >= 4 is 11.8 Å². The number of pyridine rings is 1. The summed E-state index contributed by atoms with van der Waals surface area (Å²) in [4.78, 5) is 4.58. The largest absolute Gasteiger partial charge is 0.317 e. The minimum absolute atomic E-state index is 0.748. The maximum Gasteiger partial charge on any atom is 0.0965 e. The van der Waals surface area contributed by atoms with Crippen LogP contribution in [0.15, 0.2) is 17.2 Å². The lowest BCUT2D eigenvalue weighted by atomic mass is 10.0. The molecule has 0 radical (unpaired) electrons. The van der Waals surface area contributed by atoms with Gasteiger partial charge in [-0.2, -0.15) is 0 Å². The van der Waals surface area contributed by atoms with Crippen LogP contribution in [-0.4, -0.2) is 23.8 Å². The predicted molar refractivity (Wildman–Crippen MR) is 79.2 cm³/mol. The Hall–Kier alpha value is -0.540. The minimum atomic E-state index is 0.748. The first kappa shape index (κ1) is 13.9. The van der Waals surface area contributed by atoms with E-state index in [4.69, 9.17) is 0 Å². The van der Waals surface area contributed by atoms with Gasteiger partial charge in [-0.3, -0.25) is 0 Å². The molecule has 1 aliphatic carbocycles. The molecule has 2 nitrogen and oxygen atoms in total. The summed E-state index contributed by atoms with van der Waals surface area (Å²) in [6.07, 6.45) is 5.45. The Kier molecular flexibility index (Phi) is 5.07. The Bertz CT molecular complexity index is 372. The molecule has 2 rings (SSSR count). The molecule has 0 aromatic carbocycles. The molecule has 1 aromatic rings. The number of aryl methyl sites for hydroxylation is 2. The highest BCUT2D eigenvalue weighted by Crippen LogP contribution is 2.30. The van der Waals surface area contributed by atoms with Crippen molar-refractivity contribution in [3.63, 3.8) is 0 Å². The van der Waals surface area contributed by atoms with Gasteiger partial charge in [0.15, 0.2) is 0 Å². The molecule has 2 atom stereocenters. The van der Waals surface area contributed by atoms with Crippen LogP contribution in [0.3, 0.4) is 0 Å². The molecule has 0 amide bonds. The third-order valence-electron chi connectivity index (χ3n) is 3.84. The SMILES string of the molecule is CNC1CCCC1CCSc1cc(C)cc(C)n1. The summed E-state index contributed by atoms with van der Waals surface area (Å²) in [5.41, 5.74) is 2.45. The summed E-state index contributed by atoms with van der Waals surface area (Å²) in [7, 11) is 2.10. The molecule has 1 aliphatic rings. The third-order valence-corrected chi connectivity index (χ3v) is 4.79. The van der Waals surface area contributed by atoms with E-state index in [1.807, 2.05) is 11.8 Å². The van der Waals surface area contributed by atoms with Crippen LogP contribution in [0.2, 0.25) is 0 Å². The first-order chi connectivity index (χ1) is 8.69. The van der Waals surface area contributed by atoms with Gasteiger partial charge in [0.25, 0.3) is 0 Å². The highest BCUT2D eigenvalue weighted by molar-refractivity contribution is 7.99. The second-order valence-electron chi connectivity index (χ2n) is 5.35. The molecule has 2 unspecified atom stereocenters. The number of thioether (sulfide) groups is 1. The van der Waals surface area contributed by atoms with Gasteiger partial charge in [0, 0.05) is 11.7 Å². The summed E-state index contributed by atoms with van der Waals surface area (Å²) >= 11 is 1.91. The third kappa shape index (κ3) is 3.72. The second-order valence-corrected chi connectivity index (χ2v) is 6.46. The van der Waals surface area contributed by atoms with Crippen molar-refractivity contribution in [2.45, 2.75) is 50.6 Å². The molecule has 1 fully saturated rings. The molecular weight excluding hydrogens is 240 g/mol. The van der Waals surface area contributed by atoms with Gasteiger partial charge in [0.2, 0.25) is 0 Å². The van der Waals surface area contributed by atoms with Crippen LogP contribution in [0.4, 0.5) is 0 Å². The smallest absolute Gasteiger partial charge is 0.0965 e. The maximum atomic E-state index is 4.58. The Morgan fingerprint density at radius 2 is 2.17 bits per heavy atom. The lowest BCUT2D eigenvalue weighted by Crippen LogP contribution is -2.29. The quantitative estimate of drug-likeness (QED) is 0.823. The van der Waals surface area contributed by atoms with Crippen molar-refractivity contribution in [3.8, 4) is 0 Å².